The van der Waals surface area contributed by atoms with Crippen LogP contribution in [0.4, 0.5) is 0 Å². The van der Waals surface area contributed by atoms with Gasteiger partial charge < -0.3 is 9.84 Å². The van der Waals surface area contributed by atoms with Gasteiger partial charge in [0.1, 0.15) is 5.75 Å². The minimum atomic E-state index is -1.09. The minimum absolute atomic E-state index is 0.0549. The summed E-state index contributed by atoms with van der Waals surface area (Å²) < 4.78 is 7.71. The smallest absolute Gasteiger partial charge is 0.355 e. The first-order valence-corrected chi connectivity index (χ1v) is 12.4. The van der Waals surface area contributed by atoms with Crippen molar-refractivity contribution in [1.82, 2.24) is 14.8 Å². The molecule has 1 aliphatic rings. The van der Waals surface area contributed by atoms with E-state index in [1.165, 1.54) is 16.0 Å². The average Bonchev–Trinajstić information content (AvgIpc) is 3.36. The van der Waals surface area contributed by atoms with Crippen LogP contribution in [0.2, 0.25) is 10.0 Å². The Labute approximate surface area is 208 Å². The average molecular weight is 518 g/mol. The first kappa shape index (κ1) is 22.3. The number of carbonyl (C=O) groups is 1. The van der Waals surface area contributed by atoms with Gasteiger partial charge in [-0.1, -0.05) is 46.7 Å². The van der Waals surface area contributed by atoms with Crippen LogP contribution < -0.4 is 4.74 Å². The van der Waals surface area contributed by atoms with E-state index in [1.54, 1.807) is 31.9 Å². The van der Waals surface area contributed by atoms with Crippen LogP contribution in [0.25, 0.3) is 27.5 Å². The number of aromatic carboxylic acids is 1. The lowest BCUT2D eigenvalue weighted by Gasteiger charge is -2.21. The van der Waals surface area contributed by atoms with Gasteiger partial charge in [0.2, 0.25) is 5.13 Å². The highest BCUT2D eigenvalue weighted by molar-refractivity contribution is 8.01. The second kappa shape index (κ2) is 8.36. The Kier molecular flexibility index (Phi) is 5.64. The number of methoxy groups -OCH3 is 1. The van der Waals surface area contributed by atoms with E-state index in [-0.39, 0.29) is 10.9 Å². The largest absolute Gasteiger partial charge is 0.497 e. The number of aryl methyl sites for hydroxylation is 1. The maximum Gasteiger partial charge on any atom is 0.355 e. The van der Waals surface area contributed by atoms with E-state index < -0.39 is 5.97 Å². The fourth-order valence-corrected chi connectivity index (χ4v) is 6.82. The van der Waals surface area contributed by atoms with Crippen molar-refractivity contribution in [2.24, 2.45) is 0 Å². The van der Waals surface area contributed by atoms with E-state index >= 15 is 0 Å². The first-order chi connectivity index (χ1) is 15.8. The number of thiazole rings is 1. The van der Waals surface area contributed by atoms with Crippen LogP contribution in [0, 0.1) is 6.92 Å². The Morgan fingerprint density at radius 1 is 1.21 bits per heavy atom. The lowest BCUT2D eigenvalue weighted by molar-refractivity contribution is 0.0688. The number of aromatic nitrogens is 3. The maximum atomic E-state index is 12.4. The van der Waals surface area contributed by atoms with Gasteiger partial charge in [0.05, 0.1) is 32.8 Å². The molecule has 1 N–H and O–H groups in total. The van der Waals surface area contributed by atoms with Crippen LogP contribution in [-0.2, 0) is 0 Å². The Morgan fingerprint density at radius 3 is 2.70 bits per heavy atom. The number of thioether (sulfide) groups is 1. The molecule has 10 heteroatoms. The highest BCUT2D eigenvalue weighted by Gasteiger charge is 2.31. The van der Waals surface area contributed by atoms with E-state index in [1.807, 2.05) is 30.3 Å². The number of nitrogens with zero attached hydrogens (tertiary/aromatic N) is 3. The molecule has 4 aromatic rings. The van der Waals surface area contributed by atoms with Crippen LogP contribution in [0.1, 0.15) is 33.9 Å². The fourth-order valence-electron chi connectivity index (χ4n) is 3.95. The summed E-state index contributed by atoms with van der Waals surface area (Å²) in [5.74, 6) is -0.448. The molecule has 1 unspecified atom stereocenters. The molecule has 2 aromatic heterocycles. The number of rotatable bonds is 4. The number of carboxylic acids is 1. The zero-order valence-corrected chi connectivity index (χ0v) is 20.9. The zero-order valence-electron chi connectivity index (χ0n) is 17.7. The van der Waals surface area contributed by atoms with Crippen molar-refractivity contribution in [3.05, 3.63) is 63.4 Å². The molecule has 1 aliphatic heterocycles. The van der Waals surface area contributed by atoms with Crippen molar-refractivity contribution in [1.29, 1.82) is 0 Å². The van der Waals surface area contributed by atoms with Crippen molar-refractivity contribution in [3.8, 4) is 33.3 Å². The SMILES string of the molecule is COc1cccc(-c2c(C)nn(-c3nc4c(s3)SC(C)c3cc(Cl)c(Cl)cc3-4)c2C(=O)O)c1. The van der Waals surface area contributed by atoms with Crippen molar-refractivity contribution in [2.45, 2.75) is 23.3 Å². The zero-order chi connectivity index (χ0) is 23.4. The molecule has 3 heterocycles. The Balaban J connectivity index is 1.69. The van der Waals surface area contributed by atoms with Crippen LogP contribution in [0.15, 0.2) is 40.6 Å². The molecule has 1 atom stereocenters. The molecule has 0 radical (unpaired) electrons. The van der Waals surface area contributed by atoms with E-state index in [2.05, 4.69) is 12.0 Å². The molecule has 0 saturated heterocycles. The van der Waals surface area contributed by atoms with Gasteiger partial charge in [-0.3, -0.25) is 0 Å². The van der Waals surface area contributed by atoms with Gasteiger partial charge >= 0.3 is 5.97 Å². The molecule has 0 spiro atoms. The van der Waals surface area contributed by atoms with Crippen molar-refractivity contribution in [3.63, 3.8) is 0 Å². The Hall–Kier alpha value is -2.52. The van der Waals surface area contributed by atoms with Gasteiger partial charge in [0.25, 0.3) is 0 Å². The number of fused-ring (bicyclic) bond motifs is 3. The minimum Gasteiger partial charge on any atom is -0.497 e. The quantitative estimate of drug-likeness (QED) is 0.309. The number of benzene rings is 2. The number of hydrogen-bond donors (Lipinski definition) is 1. The number of carboxylic acid groups (broad SMARTS) is 1. The number of halogens is 2. The molecule has 168 valence electrons. The molecule has 0 amide bonds. The van der Waals surface area contributed by atoms with Gasteiger partial charge in [0, 0.05) is 16.4 Å². The lowest BCUT2D eigenvalue weighted by atomic mass is 10.0. The van der Waals surface area contributed by atoms with Gasteiger partial charge in [-0.2, -0.15) is 9.78 Å². The Morgan fingerprint density at radius 2 is 1.97 bits per heavy atom. The third-order valence-electron chi connectivity index (χ3n) is 5.46. The molecular formula is C23H17Cl2N3O3S2. The molecule has 0 saturated carbocycles. The normalized spacial score (nSPS) is 14.6. The molecule has 33 heavy (non-hydrogen) atoms. The topological polar surface area (TPSA) is 77.2 Å². The fraction of sp³-hybridized carbons (Fsp3) is 0.174. The maximum absolute atomic E-state index is 12.4. The monoisotopic (exact) mass is 517 g/mol. The van der Waals surface area contributed by atoms with Crippen LogP contribution in [-0.4, -0.2) is 33.0 Å². The summed E-state index contributed by atoms with van der Waals surface area (Å²) in [6.45, 7) is 3.89. The standard InChI is InChI=1S/C23H17Cl2N3O3S2/c1-10-18(12-5-4-6-13(7-12)31-3)20(21(29)30)28(27-10)23-26-19-15-9-17(25)16(24)8-14(15)11(2)32-22(19)33-23/h4-9,11H,1-3H3,(H,29,30). The van der Waals surface area contributed by atoms with E-state index in [0.717, 1.165) is 21.0 Å². The summed E-state index contributed by atoms with van der Waals surface area (Å²) in [4.78, 5) is 17.2. The predicted octanol–water partition coefficient (Wildman–Crippen LogP) is 7.15. The molecular weight excluding hydrogens is 501 g/mol. The van der Waals surface area contributed by atoms with E-state index in [9.17, 15) is 9.90 Å². The number of hydrogen-bond acceptors (Lipinski definition) is 6. The van der Waals surface area contributed by atoms with Crippen molar-refractivity contribution < 1.29 is 14.6 Å². The second-order valence-electron chi connectivity index (χ2n) is 7.50. The van der Waals surface area contributed by atoms with Gasteiger partial charge in [-0.15, -0.1) is 11.8 Å². The van der Waals surface area contributed by atoms with Crippen LogP contribution in [0.5, 0.6) is 5.75 Å². The summed E-state index contributed by atoms with van der Waals surface area (Å²) in [6, 6.07) is 11.0. The van der Waals surface area contributed by atoms with Gasteiger partial charge in [-0.05, 0) is 49.2 Å². The summed E-state index contributed by atoms with van der Waals surface area (Å²) in [5.41, 5.74) is 4.61. The molecule has 0 bridgehead atoms. The molecule has 6 nitrogen and oxygen atoms in total. The summed E-state index contributed by atoms with van der Waals surface area (Å²) in [7, 11) is 1.57. The summed E-state index contributed by atoms with van der Waals surface area (Å²) >= 11 is 15.6. The number of ether oxygens (including phenoxy) is 1. The molecule has 0 fully saturated rings. The Bertz CT molecular complexity index is 1430. The van der Waals surface area contributed by atoms with Crippen molar-refractivity contribution in [2.75, 3.05) is 7.11 Å². The lowest BCUT2D eigenvalue weighted by Crippen LogP contribution is -2.09. The molecule has 5 rings (SSSR count). The van der Waals surface area contributed by atoms with E-state index in [0.29, 0.717) is 37.7 Å². The molecule has 2 aromatic carbocycles. The third-order valence-corrected chi connectivity index (χ3v) is 8.56. The van der Waals surface area contributed by atoms with Gasteiger partial charge in [-0.25, -0.2) is 9.78 Å². The highest BCUT2D eigenvalue weighted by atomic mass is 35.5. The first-order valence-electron chi connectivity index (χ1n) is 9.93. The highest BCUT2D eigenvalue weighted by Crippen LogP contribution is 2.53. The van der Waals surface area contributed by atoms with Crippen LogP contribution in [0.3, 0.4) is 0 Å². The predicted molar refractivity (Wildman–Crippen MR) is 133 cm³/mol. The second-order valence-corrected chi connectivity index (χ2v) is 10.9. The van der Waals surface area contributed by atoms with Crippen LogP contribution >= 0.6 is 46.3 Å². The third kappa shape index (κ3) is 3.71. The summed E-state index contributed by atoms with van der Waals surface area (Å²) in [5, 5.41) is 16.3. The van der Waals surface area contributed by atoms with Gasteiger partial charge in [0.15, 0.2) is 5.69 Å². The molecule has 0 aliphatic carbocycles. The van der Waals surface area contributed by atoms with Crippen molar-refractivity contribution >= 4 is 52.3 Å². The summed E-state index contributed by atoms with van der Waals surface area (Å²) in [6.07, 6.45) is 0. The van der Waals surface area contributed by atoms with E-state index in [4.69, 9.17) is 32.9 Å².